The van der Waals surface area contributed by atoms with Crippen LogP contribution in [-0.2, 0) is 30.9 Å². The molecule has 1 amide bonds. The number of fused-ring (bicyclic) bond motifs is 1. The molecule has 32 heavy (non-hydrogen) atoms. The number of piperidine rings is 1. The third-order valence-electron chi connectivity index (χ3n) is 5.91. The number of benzene rings is 2. The number of carbonyl (C=O) groups excluding carboxylic acids is 2. The first kappa shape index (κ1) is 22.3. The lowest BCUT2D eigenvalue weighted by atomic mass is 10.1. The molecule has 170 valence electrons. The molecule has 0 spiro atoms. The van der Waals surface area contributed by atoms with Crippen molar-refractivity contribution in [3.63, 3.8) is 0 Å². The molecule has 2 aliphatic rings. The molecule has 0 aromatic heterocycles. The lowest BCUT2D eigenvalue weighted by Gasteiger charge is -2.22. The van der Waals surface area contributed by atoms with Crippen molar-refractivity contribution >= 4 is 22.1 Å². The van der Waals surface area contributed by atoms with Crippen molar-refractivity contribution < 1.29 is 27.5 Å². The Kier molecular flexibility index (Phi) is 6.21. The average Bonchev–Trinajstić information content (AvgIpc) is 3.43. The number of ether oxygens (including phenoxy) is 2. The van der Waals surface area contributed by atoms with E-state index >= 15 is 0 Å². The topological polar surface area (TPSA) is 102 Å². The molecule has 0 bridgehead atoms. The van der Waals surface area contributed by atoms with E-state index in [1.54, 1.807) is 24.3 Å². The van der Waals surface area contributed by atoms with E-state index in [2.05, 4.69) is 5.32 Å². The minimum atomic E-state index is -3.74. The maximum absolute atomic E-state index is 13.2. The Hall–Kier alpha value is -2.91. The van der Waals surface area contributed by atoms with Gasteiger partial charge in [-0.05, 0) is 31.0 Å². The number of esters is 1. The molecule has 1 saturated carbocycles. The zero-order valence-electron chi connectivity index (χ0n) is 17.9. The predicted molar refractivity (Wildman–Crippen MR) is 116 cm³/mol. The quantitative estimate of drug-likeness (QED) is 0.506. The van der Waals surface area contributed by atoms with E-state index in [0.717, 1.165) is 11.1 Å². The van der Waals surface area contributed by atoms with Gasteiger partial charge in [-0.15, -0.1) is 0 Å². The Morgan fingerprint density at radius 1 is 1.03 bits per heavy atom. The lowest BCUT2D eigenvalue weighted by Crippen LogP contribution is -2.41. The van der Waals surface area contributed by atoms with Gasteiger partial charge in [0.15, 0.2) is 0 Å². The van der Waals surface area contributed by atoms with Crippen molar-refractivity contribution in [1.82, 2.24) is 9.62 Å². The van der Waals surface area contributed by atoms with Gasteiger partial charge in [0.25, 0.3) is 0 Å². The summed E-state index contributed by atoms with van der Waals surface area (Å²) in [6.07, 6.45) is -0.103. The van der Waals surface area contributed by atoms with Crippen LogP contribution in [-0.4, -0.2) is 49.5 Å². The van der Waals surface area contributed by atoms with Crippen LogP contribution in [0.4, 0.5) is 4.79 Å². The first-order valence-corrected chi connectivity index (χ1v) is 11.9. The van der Waals surface area contributed by atoms with Crippen LogP contribution >= 0.6 is 0 Å². The molecule has 5 atom stereocenters. The van der Waals surface area contributed by atoms with Crippen LogP contribution < -0.4 is 5.32 Å². The Bertz CT molecular complexity index is 1090. The van der Waals surface area contributed by atoms with Gasteiger partial charge in [0.2, 0.25) is 10.0 Å². The monoisotopic (exact) mass is 458 g/mol. The Morgan fingerprint density at radius 2 is 1.72 bits per heavy atom. The smallest absolute Gasteiger partial charge is 0.407 e. The summed E-state index contributed by atoms with van der Waals surface area (Å²) in [6.45, 7) is 3.43. The second-order valence-corrected chi connectivity index (χ2v) is 10.1. The second-order valence-electron chi connectivity index (χ2n) is 8.24. The third-order valence-corrected chi connectivity index (χ3v) is 7.82. The number of alkyl carbamates (subject to hydrolysis) is 1. The maximum atomic E-state index is 13.2. The number of sulfonamides is 1. The molecule has 1 heterocycles. The van der Waals surface area contributed by atoms with E-state index in [0.29, 0.717) is 6.42 Å². The minimum Gasteiger partial charge on any atom is -0.466 e. The van der Waals surface area contributed by atoms with E-state index in [1.807, 2.05) is 37.3 Å². The largest absolute Gasteiger partial charge is 0.466 e. The second kappa shape index (κ2) is 8.91. The predicted octanol–water partition coefficient (Wildman–Crippen LogP) is 2.61. The summed E-state index contributed by atoms with van der Waals surface area (Å²) >= 11 is 0. The number of aryl methyl sites for hydroxylation is 1. The molecule has 1 N–H and O–H groups in total. The molecule has 4 rings (SSSR count). The van der Waals surface area contributed by atoms with Crippen molar-refractivity contribution in [3.8, 4) is 0 Å². The number of nitrogens with zero attached hydrogens (tertiary/aromatic N) is 1. The van der Waals surface area contributed by atoms with Crippen LogP contribution in [0.15, 0.2) is 59.5 Å². The van der Waals surface area contributed by atoms with Crippen LogP contribution in [0.25, 0.3) is 0 Å². The van der Waals surface area contributed by atoms with Gasteiger partial charge < -0.3 is 14.8 Å². The minimum absolute atomic E-state index is 0.105. The number of hydrogen-bond acceptors (Lipinski definition) is 6. The van der Waals surface area contributed by atoms with Crippen LogP contribution in [0.2, 0.25) is 0 Å². The van der Waals surface area contributed by atoms with E-state index < -0.39 is 34.2 Å². The van der Waals surface area contributed by atoms with Gasteiger partial charge in [0, 0.05) is 12.8 Å². The molecule has 0 radical (unpaired) electrons. The Balaban J connectivity index is 1.46. The highest BCUT2D eigenvalue weighted by atomic mass is 32.2. The van der Waals surface area contributed by atoms with E-state index in [9.17, 15) is 18.0 Å². The van der Waals surface area contributed by atoms with Crippen molar-refractivity contribution in [3.05, 3.63) is 65.7 Å². The number of rotatable bonds is 7. The first-order valence-electron chi connectivity index (χ1n) is 10.5. The number of hydrogen-bond donors (Lipinski definition) is 1. The summed E-state index contributed by atoms with van der Waals surface area (Å²) < 4.78 is 38.3. The zero-order valence-corrected chi connectivity index (χ0v) is 18.7. The SMILES string of the molecule is CC(=O)OC[C@@H]1C[C@H](NC(=O)OCc2ccccc2)[C@@H]2[C@H]1N2S(=O)(=O)c1ccc(C)cc1. The molecule has 9 heteroatoms. The van der Waals surface area contributed by atoms with Crippen LogP contribution in [0.1, 0.15) is 24.5 Å². The van der Waals surface area contributed by atoms with Crippen LogP contribution in [0, 0.1) is 12.8 Å². The van der Waals surface area contributed by atoms with E-state index in [4.69, 9.17) is 9.47 Å². The molecular weight excluding hydrogens is 432 g/mol. The molecule has 1 aliphatic heterocycles. The van der Waals surface area contributed by atoms with Gasteiger partial charge in [-0.3, -0.25) is 4.79 Å². The molecule has 2 aromatic rings. The molecule has 1 saturated heterocycles. The Morgan fingerprint density at radius 3 is 2.38 bits per heavy atom. The van der Waals surface area contributed by atoms with Gasteiger partial charge in [-0.1, -0.05) is 48.0 Å². The standard InChI is InChI=1S/C23H26N2O6S/c1-15-8-10-19(11-9-15)32(28,29)25-21-18(14-30-16(2)26)12-20(22(21)25)24-23(27)31-13-17-6-4-3-5-7-17/h3-11,18,20-22H,12-14H2,1-2H3,(H,24,27)/t18-,20-,21-,22+,25?/m0/s1. The summed E-state index contributed by atoms with van der Waals surface area (Å²) in [5, 5.41) is 2.81. The normalized spacial score (nSPS) is 26.1. The first-order chi connectivity index (χ1) is 15.3. The van der Waals surface area contributed by atoms with Crippen molar-refractivity contribution in [2.75, 3.05) is 6.61 Å². The highest BCUT2D eigenvalue weighted by Crippen LogP contribution is 2.50. The van der Waals surface area contributed by atoms with Gasteiger partial charge in [-0.25, -0.2) is 13.2 Å². The molecule has 1 unspecified atom stereocenters. The third kappa shape index (κ3) is 4.63. The van der Waals surface area contributed by atoms with Gasteiger partial charge >= 0.3 is 12.1 Å². The summed E-state index contributed by atoms with van der Waals surface area (Å²) in [5.74, 6) is -0.627. The highest BCUT2D eigenvalue weighted by Gasteiger charge is 2.67. The fourth-order valence-corrected chi connectivity index (χ4v) is 6.24. The summed E-state index contributed by atoms with van der Waals surface area (Å²) in [6, 6.07) is 14.8. The van der Waals surface area contributed by atoms with Crippen molar-refractivity contribution in [2.45, 2.75) is 49.9 Å². The maximum Gasteiger partial charge on any atom is 0.407 e. The summed E-state index contributed by atoms with van der Waals surface area (Å²) in [4.78, 5) is 23.9. The van der Waals surface area contributed by atoms with Gasteiger partial charge in [0.1, 0.15) is 6.61 Å². The van der Waals surface area contributed by atoms with Crippen LogP contribution in [0.3, 0.4) is 0 Å². The van der Waals surface area contributed by atoms with Gasteiger partial charge in [0.05, 0.1) is 29.6 Å². The number of nitrogens with one attached hydrogen (secondary N) is 1. The fourth-order valence-electron chi connectivity index (χ4n) is 4.36. The number of carbonyl (C=O) groups is 2. The van der Waals surface area contributed by atoms with Crippen LogP contribution in [0.5, 0.6) is 0 Å². The summed E-state index contributed by atoms with van der Waals surface area (Å²) in [5.41, 5.74) is 1.82. The molecule has 2 fully saturated rings. The highest BCUT2D eigenvalue weighted by molar-refractivity contribution is 7.89. The average molecular weight is 459 g/mol. The zero-order chi connectivity index (χ0) is 22.9. The van der Waals surface area contributed by atoms with Gasteiger partial charge in [-0.2, -0.15) is 4.31 Å². The lowest BCUT2D eigenvalue weighted by molar-refractivity contribution is -0.142. The Labute approximate surface area is 187 Å². The summed E-state index contributed by atoms with van der Waals surface area (Å²) in [7, 11) is -3.74. The van der Waals surface area contributed by atoms with E-state index in [-0.39, 0.29) is 30.1 Å². The fraction of sp³-hybridized carbons (Fsp3) is 0.391. The molecular formula is C23H26N2O6S. The molecule has 8 nitrogen and oxygen atoms in total. The van der Waals surface area contributed by atoms with Crippen molar-refractivity contribution in [1.29, 1.82) is 0 Å². The molecule has 2 aromatic carbocycles. The number of amides is 1. The molecule has 1 aliphatic carbocycles. The van der Waals surface area contributed by atoms with E-state index in [1.165, 1.54) is 11.2 Å². The van der Waals surface area contributed by atoms with Crippen molar-refractivity contribution in [2.24, 2.45) is 5.92 Å².